The molecule has 0 heterocycles. The van der Waals surface area contributed by atoms with Crippen molar-refractivity contribution >= 4 is 17.6 Å². The molecule has 1 aromatic carbocycles. The summed E-state index contributed by atoms with van der Waals surface area (Å²) in [4.78, 5) is 25.1. The summed E-state index contributed by atoms with van der Waals surface area (Å²) in [6, 6.07) is 8.88. The van der Waals surface area contributed by atoms with Crippen molar-refractivity contribution in [2.24, 2.45) is 0 Å². The molecule has 21 heavy (non-hydrogen) atoms. The normalized spacial score (nSPS) is 10.6. The fourth-order valence-electron chi connectivity index (χ4n) is 1.76. The van der Waals surface area contributed by atoms with Gasteiger partial charge in [-0.2, -0.15) is 5.26 Å². The quantitative estimate of drug-likeness (QED) is 0.799. The van der Waals surface area contributed by atoms with Crippen LogP contribution in [0.2, 0.25) is 0 Å². The van der Waals surface area contributed by atoms with Gasteiger partial charge in [0, 0.05) is 13.5 Å². The van der Waals surface area contributed by atoms with Gasteiger partial charge in [-0.15, -0.1) is 0 Å². The van der Waals surface area contributed by atoms with E-state index in [4.69, 9.17) is 10.00 Å². The van der Waals surface area contributed by atoms with E-state index < -0.39 is 11.6 Å². The molecular weight excluding hydrogens is 268 g/mol. The Morgan fingerprint density at radius 2 is 1.86 bits per heavy atom. The second-order valence-corrected chi connectivity index (χ2v) is 5.67. The molecule has 0 N–H and O–H groups in total. The Hall–Kier alpha value is -2.35. The van der Waals surface area contributed by atoms with Crippen molar-refractivity contribution in [3.05, 3.63) is 29.8 Å². The highest BCUT2D eigenvalue weighted by Gasteiger charge is 2.19. The highest BCUT2D eigenvalue weighted by atomic mass is 16.6. The predicted octanol–water partition coefficient (Wildman–Crippen LogP) is 2.64. The lowest BCUT2D eigenvalue weighted by Gasteiger charge is -2.21. The average molecular weight is 288 g/mol. The summed E-state index contributed by atoms with van der Waals surface area (Å²) in [5, 5.41) is 9.03. The number of amides is 1. The van der Waals surface area contributed by atoms with Crippen LogP contribution in [0.4, 0.5) is 5.69 Å². The van der Waals surface area contributed by atoms with Crippen molar-refractivity contribution in [2.75, 3.05) is 11.9 Å². The number of para-hydroxylation sites is 1. The molecule has 0 radical (unpaired) electrons. The van der Waals surface area contributed by atoms with Gasteiger partial charge in [0.25, 0.3) is 0 Å². The largest absolute Gasteiger partial charge is 0.460 e. The molecule has 112 valence electrons. The van der Waals surface area contributed by atoms with Gasteiger partial charge in [0.05, 0.1) is 17.7 Å². The molecule has 1 aromatic rings. The summed E-state index contributed by atoms with van der Waals surface area (Å²) in [6.07, 6.45) is 0.0698. The van der Waals surface area contributed by atoms with Crippen LogP contribution in [0.15, 0.2) is 24.3 Å². The lowest BCUT2D eigenvalue weighted by molar-refractivity contribution is -0.155. The topological polar surface area (TPSA) is 70.4 Å². The monoisotopic (exact) mass is 288 g/mol. The van der Waals surface area contributed by atoms with Crippen molar-refractivity contribution in [3.8, 4) is 6.07 Å². The smallest absolute Gasteiger partial charge is 0.306 e. The molecule has 5 nitrogen and oxygen atoms in total. The summed E-state index contributed by atoms with van der Waals surface area (Å²) < 4.78 is 5.16. The number of nitriles is 1. The number of benzene rings is 1. The van der Waals surface area contributed by atoms with Gasteiger partial charge in [-0.3, -0.25) is 9.59 Å². The SMILES string of the molecule is CN(C(=O)CCC(=O)OC(C)(C)C)c1ccccc1C#N. The molecule has 1 amide bonds. The van der Waals surface area contributed by atoms with E-state index in [9.17, 15) is 9.59 Å². The number of hydrogen-bond donors (Lipinski definition) is 0. The minimum atomic E-state index is -0.556. The molecule has 0 unspecified atom stereocenters. The van der Waals surface area contributed by atoms with E-state index in [0.29, 0.717) is 11.3 Å². The molecular formula is C16H20N2O3. The number of rotatable bonds is 4. The fraction of sp³-hybridized carbons (Fsp3) is 0.438. The van der Waals surface area contributed by atoms with Crippen molar-refractivity contribution in [3.63, 3.8) is 0 Å². The highest BCUT2D eigenvalue weighted by Crippen LogP contribution is 2.19. The third-order valence-corrected chi connectivity index (χ3v) is 2.72. The maximum absolute atomic E-state index is 12.1. The zero-order chi connectivity index (χ0) is 16.0. The number of anilines is 1. The second kappa shape index (κ2) is 6.89. The van der Waals surface area contributed by atoms with Crippen molar-refractivity contribution in [1.29, 1.82) is 5.26 Å². The molecule has 0 bridgehead atoms. The van der Waals surface area contributed by atoms with Crippen LogP contribution in [-0.2, 0) is 14.3 Å². The highest BCUT2D eigenvalue weighted by molar-refractivity contribution is 5.95. The summed E-state index contributed by atoms with van der Waals surface area (Å²) in [6.45, 7) is 5.34. The van der Waals surface area contributed by atoms with Crippen LogP contribution in [0, 0.1) is 11.3 Å². The van der Waals surface area contributed by atoms with Crippen LogP contribution in [0.1, 0.15) is 39.2 Å². The van der Waals surface area contributed by atoms with Crippen LogP contribution in [0.5, 0.6) is 0 Å². The van der Waals surface area contributed by atoms with Gasteiger partial charge >= 0.3 is 5.97 Å². The maximum atomic E-state index is 12.1. The molecule has 0 saturated carbocycles. The standard InChI is InChI=1S/C16H20N2O3/c1-16(2,3)21-15(20)10-9-14(19)18(4)13-8-6-5-7-12(13)11-17/h5-8H,9-10H2,1-4H3. The van der Waals surface area contributed by atoms with Crippen molar-refractivity contribution < 1.29 is 14.3 Å². The van der Waals surface area contributed by atoms with E-state index in [1.807, 2.05) is 6.07 Å². The van der Waals surface area contributed by atoms with Gasteiger partial charge in [0.2, 0.25) is 5.91 Å². The van der Waals surface area contributed by atoms with E-state index in [2.05, 4.69) is 0 Å². The molecule has 0 aromatic heterocycles. The van der Waals surface area contributed by atoms with Gasteiger partial charge < -0.3 is 9.64 Å². The maximum Gasteiger partial charge on any atom is 0.306 e. The van der Waals surface area contributed by atoms with Crippen LogP contribution in [0.3, 0.4) is 0 Å². The Labute approximate surface area is 125 Å². The number of carbonyl (C=O) groups is 2. The molecule has 0 aliphatic carbocycles. The first-order valence-corrected chi connectivity index (χ1v) is 6.72. The Kier molecular flexibility index (Phi) is 5.48. The van der Waals surface area contributed by atoms with Gasteiger partial charge in [-0.1, -0.05) is 12.1 Å². The first-order valence-electron chi connectivity index (χ1n) is 6.72. The summed E-state index contributed by atoms with van der Waals surface area (Å²) in [5.74, 6) is -0.638. The van der Waals surface area contributed by atoms with Crippen molar-refractivity contribution in [1.82, 2.24) is 0 Å². The van der Waals surface area contributed by atoms with Crippen molar-refractivity contribution in [2.45, 2.75) is 39.2 Å². The summed E-state index contributed by atoms with van der Waals surface area (Å²) in [5.41, 5.74) is 0.402. The molecule has 0 aliphatic heterocycles. The lowest BCUT2D eigenvalue weighted by Crippen LogP contribution is -2.29. The number of ether oxygens (including phenoxy) is 1. The zero-order valence-electron chi connectivity index (χ0n) is 12.8. The summed E-state index contributed by atoms with van der Waals surface area (Å²) >= 11 is 0. The Morgan fingerprint density at radius 3 is 2.43 bits per heavy atom. The van der Waals surface area contributed by atoms with Crippen LogP contribution < -0.4 is 4.90 Å². The van der Waals surface area contributed by atoms with E-state index in [1.54, 1.807) is 52.1 Å². The number of hydrogen-bond acceptors (Lipinski definition) is 4. The molecule has 5 heteroatoms. The molecule has 0 atom stereocenters. The average Bonchev–Trinajstić information content (AvgIpc) is 2.42. The summed E-state index contributed by atoms with van der Waals surface area (Å²) in [7, 11) is 1.59. The van der Waals surface area contributed by atoms with E-state index in [-0.39, 0.29) is 18.7 Å². The third kappa shape index (κ3) is 5.27. The minimum Gasteiger partial charge on any atom is -0.460 e. The predicted molar refractivity (Wildman–Crippen MR) is 79.6 cm³/mol. The van der Waals surface area contributed by atoms with Gasteiger partial charge in [0.1, 0.15) is 11.7 Å². The number of nitrogens with zero attached hydrogens (tertiary/aromatic N) is 2. The molecule has 1 rings (SSSR count). The molecule has 0 spiro atoms. The Bertz CT molecular complexity index is 568. The van der Waals surface area contributed by atoms with E-state index in [0.717, 1.165) is 0 Å². The van der Waals surface area contributed by atoms with Crippen LogP contribution >= 0.6 is 0 Å². The molecule has 0 aliphatic rings. The van der Waals surface area contributed by atoms with Crippen LogP contribution in [0.25, 0.3) is 0 Å². The van der Waals surface area contributed by atoms with E-state index in [1.165, 1.54) is 4.90 Å². The molecule has 0 saturated heterocycles. The van der Waals surface area contributed by atoms with E-state index >= 15 is 0 Å². The second-order valence-electron chi connectivity index (χ2n) is 5.67. The Morgan fingerprint density at radius 1 is 1.24 bits per heavy atom. The van der Waals surface area contributed by atoms with Gasteiger partial charge in [-0.25, -0.2) is 0 Å². The number of carbonyl (C=O) groups excluding carboxylic acids is 2. The third-order valence-electron chi connectivity index (χ3n) is 2.72. The first-order chi connectivity index (χ1) is 9.74. The van der Waals surface area contributed by atoms with Gasteiger partial charge in [-0.05, 0) is 32.9 Å². The minimum absolute atomic E-state index is 0.0230. The van der Waals surface area contributed by atoms with Crippen LogP contribution in [-0.4, -0.2) is 24.5 Å². The number of esters is 1. The van der Waals surface area contributed by atoms with Gasteiger partial charge in [0.15, 0.2) is 0 Å². The zero-order valence-corrected chi connectivity index (χ0v) is 12.8. The lowest BCUT2D eigenvalue weighted by atomic mass is 10.1. The fourth-order valence-corrected chi connectivity index (χ4v) is 1.76. The first kappa shape index (κ1) is 16.7. The Balaban J connectivity index is 2.64. The molecule has 0 fully saturated rings.